The Morgan fingerprint density at radius 2 is 2.31 bits per heavy atom. The van der Waals surface area contributed by atoms with Crippen LogP contribution in [0.4, 0.5) is 0 Å². The fourth-order valence-corrected chi connectivity index (χ4v) is 2.27. The van der Waals surface area contributed by atoms with Crippen LogP contribution in [0.5, 0.6) is 0 Å². The van der Waals surface area contributed by atoms with E-state index in [4.69, 9.17) is 4.74 Å². The monoisotopic (exact) mass is 182 g/mol. The van der Waals surface area contributed by atoms with Crippen LogP contribution in [0.25, 0.3) is 0 Å². The topological polar surface area (TPSA) is 29.5 Å². The van der Waals surface area contributed by atoms with Crippen LogP contribution in [0.1, 0.15) is 39.0 Å². The summed E-state index contributed by atoms with van der Waals surface area (Å²) in [6.07, 6.45) is 8.09. The van der Waals surface area contributed by atoms with Crippen LogP contribution in [-0.4, -0.2) is 23.4 Å². The molecule has 1 N–H and O–H groups in total. The molecule has 0 spiro atoms. The summed E-state index contributed by atoms with van der Waals surface area (Å²) in [5, 5.41) is 9.31. The van der Waals surface area contributed by atoms with Gasteiger partial charge in [-0.25, -0.2) is 0 Å². The van der Waals surface area contributed by atoms with E-state index < -0.39 is 0 Å². The summed E-state index contributed by atoms with van der Waals surface area (Å²) in [5.74, 6) is 0. The molecule has 2 rings (SSSR count). The molecule has 74 valence electrons. The van der Waals surface area contributed by atoms with E-state index in [2.05, 4.69) is 6.92 Å². The predicted molar refractivity (Wildman–Crippen MR) is 51.5 cm³/mol. The van der Waals surface area contributed by atoms with Crippen molar-refractivity contribution in [3.05, 3.63) is 11.6 Å². The molecule has 0 aromatic carbocycles. The lowest BCUT2D eigenvalue weighted by atomic mass is 10.1. The molecule has 1 aliphatic heterocycles. The number of hydrogen-bond donors (Lipinski definition) is 1. The first-order valence-electron chi connectivity index (χ1n) is 5.27. The van der Waals surface area contributed by atoms with Gasteiger partial charge in [0.25, 0.3) is 0 Å². The Hall–Kier alpha value is -0.340. The Bertz CT molecular complexity index is 210. The minimum Gasteiger partial charge on any atom is -0.389 e. The first-order chi connectivity index (χ1) is 6.24. The van der Waals surface area contributed by atoms with E-state index in [0.29, 0.717) is 12.2 Å². The van der Waals surface area contributed by atoms with Crippen LogP contribution < -0.4 is 0 Å². The average Bonchev–Trinajstić information content (AvgIpc) is 2.62. The third-order valence-corrected chi connectivity index (χ3v) is 3.00. The van der Waals surface area contributed by atoms with Gasteiger partial charge in [-0.3, -0.25) is 0 Å². The molecule has 0 bridgehead atoms. The van der Waals surface area contributed by atoms with Crippen molar-refractivity contribution in [1.82, 2.24) is 0 Å². The van der Waals surface area contributed by atoms with Crippen molar-refractivity contribution in [2.75, 3.05) is 0 Å². The summed E-state index contributed by atoms with van der Waals surface area (Å²) < 4.78 is 5.74. The zero-order valence-corrected chi connectivity index (χ0v) is 8.20. The van der Waals surface area contributed by atoms with Gasteiger partial charge in [-0.05, 0) is 39.0 Å². The second-order valence-corrected chi connectivity index (χ2v) is 4.28. The van der Waals surface area contributed by atoms with Gasteiger partial charge in [0.1, 0.15) is 0 Å². The highest BCUT2D eigenvalue weighted by molar-refractivity contribution is 5.13. The van der Waals surface area contributed by atoms with Gasteiger partial charge in [-0.2, -0.15) is 0 Å². The molecular weight excluding hydrogens is 164 g/mol. The summed E-state index contributed by atoms with van der Waals surface area (Å²) in [7, 11) is 0. The number of aliphatic hydroxyl groups excluding tert-OH is 1. The molecule has 1 fully saturated rings. The molecule has 2 aliphatic rings. The van der Waals surface area contributed by atoms with Gasteiger partial charge in [0.2, 0.25) is 0 Å². The molecule has 0 aromatic rings. The van der Waals surface area contributed by atoms with E-state index in [-0.39, 0.29) is 6.10 Å². The van der Waals surface area contributed by atoms with Crippen LogP contribution >= 0.6 is 0 Å². The third-order valence-electron chi connectivity index (χ3n) is 3.00. The smallest absolute Gasteiger partial charge is 0.0726 e. The second-order valence-electron chi connectivity index (χ2n) is 4.28. The quantitative estimate of drug-likeness (QED) is 0.662. The van der Waals surface area contributed by atoms with Crippen molar-refractivity contribution in [2.24, 2.45) is 0 Å². The molecule has 1 heterocycles. The van der Waals surface area contributed by atoms with E-state index in [1.54, 1.807) is 0 Å². The second kappa shape index (κ2) is 3.81. The Balaban J connectivity index is 1.81. The van der Waals surface area contributed by atoms with E-state index >= 15 is 0 Å². The number of ether oxygens (including phenoxy) is 1. The average molecular weight is 182 g/mol. The van der Waals surface area contributed by atoms with Gasteiger partial charge in [0.15, 0.2) is 0 Å². The van der Waals surface area contributed by atoms with Gasteiger partial charge in [0.05, 0.1) is 18.3 Å². The van der Waals surface area contributed by atoms with Gasteiger partial charge in [-0.15, -0.1) is 0 Å². The van der Waals surface area contributed by atoms with E-state index in [0.717, 1.165) is 19.3 Å². The highest BCUT2D eigenvalue weighted by atomic mass is 16.5. The molecule has 0 amide bonds. The maximum Gasteiger partial charge on any atom is 0.0726 e. The molecule has 0 aromatic heterocycles. The standard InChI is InChI=1S/C11H18O2/c1-8-2-5-11(13-8)7-9-3-4-10(12)6-9/h6,8,10-12H,2-5,7H2,1H3. The highest BCUT2D eigenvalue weighted by Crippen LogP contribution is 2.29. The zero-order chi connectivity index (χ0) is 9.26. The fraction of sp³-hybridized carbons (Fsp3) is 0.818. The molecule has 3 unspecified atom stereocenters. The third kappa shape index (κ3) is 2.32. The van der Waals surface area contributed by atoms with E-state index in [9.17, 15) is 5.11 Å². The Morgan fingerprint density at radius 3 is 2.85 bits per heavy atom. The largest absolute Gasteiger partial charge is 0.389 e. The number of aliphatic hydroxyl groups is 1. The molecule has 2 nitrogen and oxygen atoms in total. The van der Waals surface area contributed by atoms with Crippen LogP contribution in [-0.2, 0) is 4.74 Å². The normalized spacial score (nSPS) is 39.5. The molecular formula is C11H18O2. The first-order valence-corrected chi connectivity index (χ1v) is 5.27. The molecule has 3 atom stereocenters. The molecule has 0 radical (unpaired) electrons. The Kier molecular flexibility index (Phi) is 2.70. The summed E-state index contributed by atoms with van der Waals surface area (Å²) in [5.41, 5.74) is 1.40. The van der Waals surface area contributed by atoms with Crippen molar-refractivity contribution < 1.29 is 9.84 Å². The maximum absolute atomic E-state index is 9.31. The minimum absolute atomic E-state index is 0.186. The molecule has 13 heavy (non-hydrogen) atoms. The van der Waals surface area contributed by atoms with E-state index in [1.165, 1.54) is 18.4 Å². The first kappa shape index (κ1) is 9.22. The van der Waals surface area contributed by atoms with Crippen molar-refractivity contribution in [2.45, 2.75) is 57.3 Å². The molecule has 1 saturated heterocycles. The van der Waals surface area contributed by atoms with Gasteiger partial charge in [0, 0.05) is 0 Å². The predicted octanol–water partition coefficient (Wildman–Crippen LogP) is 2.03. The van der Waals surface area contributed by atoms with Crippen LogP contribution in [0.2, 0.25) is 0 Å². The minimum atomic E-state index is -0.186. The molecule has 0 saturated carbocycles. The van der Waals surface area contributed by atoms with Crippen molar-refractivity contribution in [3.63, 3.8) is 0 Å². The fourth-order valence-electron chi connectivity index (χ4n) is 2.27. The van der Waals surface area contributed by atoms with Gasteiger partial charge < -0.3 is 9.84 Å². The lowest BCUT2D eigenvalue weighted by Crippen LogP contribution is -2.08. The van der Waals surface area contributed by atoms with Gasteiger partial charge >= 0.3 is 0 Å². The van der Waals surface area contributed by atoms with Crippen molar-refractivity contribution >= 4 is 0 Å². The summed E-state index contributed by atoms with van der Waals surface area (Å²) in [6.45, 7) is 2.14. The summed E-state index contributed by atoms with van der Waals surface area (Å²) in [6, 6.07) is 0. The SMILES string of the molecule is CC1CCC(CC2=CC(O)CC2)O1. The highest BCUT2D eigenvalue weighted by Gasteiger charge is 2.24. The van der Waals surface area contributed by atoms with Crippen molar-refractivity contribution in [3.8, 4) is 0 Å². The molecule has 2 heteroatoms. The zero-order valence-electron chi connectivity index (χ0n) is 8.20. The Labute approximate surface area is 79.6 Å². The molecule has 1 aliphatic carbocycles. The van der Waals surface area contributed by atoms with Gasteiger partial charge in [-0.1, -0.05) is 11.6 Å². The van der Waals surface area contributed by atoms with Crippen molar-refractivity contribution in [1.29, 1.82) is 0 Å². The lowest BCUT2D eigenvalue weighted by Gasteiger charge is -2.11. The Morgan fingerprint density at radius 1 is 1.46 bits per heavy atom. The lowest BCUT2D eigenvalue weighted by molar-refractivity contribution is 0.0561. The summed E-state index contributed by atoms with van der Waals surface area (Å²) in [4.78, 5) is 0. The number of hydrogen-bond acceptors (Lipinski definition) is 2. The maximum atomic E-state index is 9.31. The van der Waals surface area contributed by atoms with Crippen LogP contribution in [0.15, 0.2) is 11.6 Å². The van der Waals surface area contributed by atoms with Crippen LogP contribution in [0.3, 0.4) is 0 Å². The van der Waals surface area contributed by atoms with Crippen LogP contribution in [0, 0.1) is 0 Å². The van der Waals surface area contributed by atoms with E-state index in [1.807, 2.05) is 6.08 Å². The summed E-state index contributed by atoms with van der Waals surface area (Å²) >= 11 is 0. The number of rotatable bonds is 2.